The first-order valence-corrected chi connectivity index (χ1v) is 27.6. The highest BCUT2D eigenvalue weighted by Gasteiger charge is 2.21. The van der Waals surface area contributed by atoms with Gasteiger partial charge in [0, 0.05) is 0 Å². The molecule has 0 unspecified atom stereocenters. The van der Waals surface area contributed by atoms with Crippen molar-refractivity contribution in [2.24, 2.45) is 10.2 Å². The fourth-order valence-corrected chi connectivity index (χ4v) is 8.39. The van der Waals surface area contributed by atoms with Gasteiger partial charge in [-0.15, -0.1) is 0 Å². The molecule has 66 heavy (non-hydrogen) atoms. The summed E-state index contributed by atoms with van der Waals surface area (Å²) >= 11 is 0. The van der Waals surface area contributed by atoms with E-state index in [0.717, 1.165) is 38.5 Å². The van der Waals surface area contributed by atoms with E-state index >= 15 is 0 Å². The minimum Gasteiger partial charge on any atom is -0.490 e. The van der Waals surface area contributed by atoms with Crippen LogP contribution in [0.5, 0.6) is 23.0 Å². The Kier molecular flexibility index (Phi) is 30.9. The third kappa shape index (κ3) is 25.8. The van der Waals surface area contributed by atoms with Gasteiger partial charge >= 0.3 is 5.97 Å². The van der Waals surface area contributed by atoms with E-state index in [4.69, 9.17) is 18.9 Å². The monoisotopic (exact) mass is 935 g/mol. The molecule has 0 atom stereocenters. The number of hydrogen-bond acceptors (Lipinski definition) is 9. The summed E-state index contributed by atoms with van der Waals surface area (Å²) in [4.78, 5) is 13.6. The van der Waals surface area contributed by atoms with Crippen molar-refractivity contribution < 1.29 is 36.7 Å². The molecular weight excluding hydrogens is 849 g/mol. The number of rotatable bonds is 41. The molecule has 0 heterocycles. The zero-order valence-electron chi connectivity index (χ0n) is 41.2. The number of nitrogens with zero attached hydrogens (tertiary/aromatic N) is 2. The maximum atomic E-state index is 13.8. The molecule has 11 heteroatoms. The van der Waals surface area contributed by atoms with E-state index in [1.54, 1.807) is 36.4 Å². The minimum absolute atomic E-state index is 0.223. The van der Waals surface area contributed by atoms with Crippen LogP contribution >= 0.6 is 0 Å². The number of unbranched alkanes of at least 4 members (excludes halogenated alkanes) is 27. The summed E-state index contributed by atoms with van der Waals surface area (Å²) in [6.45, 7) is 8.35. The Morgan fingerprint density at radius 2 is 0.773 bits per heavy atom. The van der Waals surface area contributed by atoms with Crippen molar-refractivity contribution in [3.05, 3.63) is 66.2 Å². The molecule has 1 N–H and O–H groups in total. The SMILES string of the molecule is CCCCCCCCCCCCOc1cc(C(=O)Oc2ccc(N=Nc3ccc(S(=O)(=O)O)cc3)cc2)cc(OCCCCCCCCCCCC)c1OCCCCCCCCCCCC. The van der Waals surface area contributed by atoms with Gasteiger partial charge in [-0.1, -0.05) is 194 Å². The van der Waals surface area contributed by atoms with Gasteiger partial charge in [0.15, 0.2) is 11.5 Å². The second kappa shape index (κ2) is 36.1. The zero-order chi connectivity index (χ0) is 47.3. The normalized spacial score (nSPS) is 11.6. The minimum atomic E-state index is -4.30. The first-order valence-electron chi connectivity index (χ1n) is 26.1. The second-order valence-electron chi connectivity index (χ2n) is 17.9. The summed E-state index contributed by atoms with van der Waals surface area (Å²) in [6, 6.07) is 15.5. The summed E-state index contributed by atoms with van der Waals surface area (Å²) < 4.78 is 57.3. The third-order valence-electron chi connectivity index (χ3n) is 12.0. The van der Waals surface area contributed by atoms with Gasteiger partial charge < -0.3 is 18.9 Å². The molecule has 370 valence electrons. The van der Waals surface area contributed by atoms with Crippen LogP contribution in [-0.4, -0.2) is 38.8 Å². The van der Waals surface area contributed by atoms with Crippen molar-refractivity contribution in [3.63, 3.8) is 0 Å². The van der Waals surface area contributed by atoms with Gasteiger partial charge in [-0.3, -0.25) is 4.55 Å². The number of ether oxygens (including phenoxy) is 4. The van der Waals surface area contributed by atoms with E-state index in [1.807, 2.05) is 0 Å². The van der Waals surface area contributed by atoms with Crippen LogP contribution in [0.15, 0.2) is 75.8 Å². The highest BCUT2D eigenvalue weighted by atomic mass is 32.2. The molecule has 0 bridgehead atoms. The van der Waals surface area contributed by atoms with Gasteiger partial charge in [0.25, 0.3) is 10.1 Å². The van der Waals surface area contributed by atoms with Crippen LogP contribution in [0.1, 0.15) is 224 Å². The number of esters is 1. The molecule has 0 spiro atoms. The number of azo groups is 1. The Labute approximate surface area is 400 Å². The molecule has 0 aliphatic carbocycles. The molecular formula is C55H86N2O8S. The Morgan fingerprint density at radius 1 is 0.455 bits per heavy atom. The van der Waals surface area contributed by atoms with Crippen molar-refractivity contribution in [2.45, 2.75) is 218 Å². The van der Waals surface area contributed by atoms with E-state index in [0.29, 0.717) is 59.8 Å². The van der Waals surface area contributed by atoms with Crippen LogP contribution in [0.2, 0.25) is 0 Å². The summed E-state index contributed by atoms with van der Waals surface area (Å²) in [5.41, 5.74) is 1.23. The Morgan fingerprint density at radius 3 is 1.12 bits per heavy atom. The summed E-state index contributed by atoms with van der Waals surface area (Å²) in [7, 11) is -4.30. The Hall–Kier alpha value is -3.96. The van der Waals surface area contributed by atoms with Gasteiger partial charge in [0.05, 0.1) is 41.7 Å². The van der Waals surface area contributed by atoms with E-state index in [9.17, 15) is 17.8 Å². The summed E-state index contributed by atoms with van der Waals surface area (Å²) in [5, 5.41) is 8.35. The highest BCUT2D eigenvalue weighted by Crippen LogP contribution is 2.40. The number of hydrogen-bond donors (Lipinski definition) is 1. The lowest BCUT2D eigenvalue weighted by atomic mass is 10.1. The number of carbonyl (C=O) groups excluding carboxylic acids is 1. The van der Waals surface area contributed by atoms with Gasteiger partial charge in [0.1, 0.15) is 5.75 Å². The van der Waals surface area contributed by atoms with Crippen LogP contribution < -0.4 is 18.9 Å². The van der Waals surface area contributed by atoms with E-state index < -0.39 is 16.1 Å². The fourth-order valence-electron chi connectivity index (χ4n) is 7.91. The fraction of sp³-hybridized carbons (Fsp3) is 0.655. The van der Waals surface area contributed by atoms with Crippen molar-refractivity contribution in [1.29, 1.82) is 0 Å². The molecule has 0 aliphatic heterocycles. The summed E-state index contributed by atoms with van der Waals surface area (Å²) in [5.74, 6) is 1.36. The second-order valence-corrected chi connectivity index (χ2v) is 19.4. The van der Waals surface area contributed by atoms with Crippen LogP contribution in [0.25, 0.3) is 0 Å². The molecule has 0 amide bonds. The molecule has 3 rings (SSSR count). The predicted octanol–water partition coefficient (Wildman–Crippen LogP) is 17.5. The predicted molar refractivity (Wildman–Crippen MR) is 270 cm³/mol. The zero-order valence-corrected chi connectivity index (χ0v) is 42.0. The van der Waals surface area contributed by atoms with Crippen LogP contribution in [-0.2, 0) is 10.1 Å². The average Bonchev–Trinajstić information content (AvgIpc) is 3.31. The topological polar surface area (TPSA) is 133 Å². The van der Waals surface area contributed by atoms with Gasteiger partial charge in [0.2, 0.25) is 5.75 Å². The maximum Gasteiger partial charge on any atom is 0.343 e. The molecule has 0 radical (unpaired) electrons. The lowest BCUT2D eigenvalue weighted by Crippen LogP contribution is -2.12. The molecule has 3 aromatic rings. The van der Waals surface area contributed by atoms with E-state index in [1.165, 1.54) is 178 Å². The van der Waals surface area contributed by atoms with Crippen molar-refractivity contribution in [2.75, 3.05) is 19.8 Å². The number of benzene rings is 3. The molecule has 0 saturated heterocycles. The van der Waals surface area contributed by atoms with Gasteiger partial charge in [-0.25, -0.2) is 4.79 Å². The standard InChI is InChI=1S/C55H86N2O8S/c1-4-7-10-13-16-19-22-25-28-31-42-62-52-45-47(55(58)65-50-38-34-48(35-39-50)56-57-49-36-40-51(41-37-49)66(59,60)61)46-53(63-43-32-29-26-23-20-17-14-11-8-5-2)54(52)64-44-33-30-27-24-21-18-15-12-9-6-3/h34-41,45-46H,4-33,42-44H2,1-3H3,(H,59,60,61). The van der Waals surface area contributed by atoms with Crippen LogP contribution in [0.4, 0.5) is 11.4 Å². The molecule has 0 fully saturated rings. The molecule has 0 saturated carbocycles. The van der Waals surface area contributed by atoms with Crippen LogP contribution in [0, 0.1) is 0 Å². The van der Waals surface area contributed by atoms with Crippen molar-refractivity contribution in [1.82, 2.24) is 0 Å². The van der Waals surface area contributed by atoms with E-state index in [-0.39, 0.29) is 4.90 Å². The first-order chi connectivity index (χ1) is 32.2. The van der Waals surface area contributed by atoms with Gasteiger partial charge in [-0.2, -0.15) is 18.6 Å². The molecule has 3 aromatic carbocycles. The first kappa shape index (κ1) is 56.4. The van der Waals surface area contributed by atoms with Crippen molar-refractivity contribution >= 4 is 27.5 Å². The third-order valence-corrected chi connectivity index (χ3v) is 12.8. The molecule has 0 aromatic heterocycles. The Bertz CT molecular complexity index is 1790. The largest absolute Gasteiger partial charge is 0.490 e. The summed E-state index contributed by atoms with van der Waals surface area (Å²) in [6.07, 6.45) is 37.0. The quantitative estimate of drug-likeness (QED) is 0.0195. The van der Waals surface area contributed by atoms with Crippen molar-refractivity contribution in [3.8, 4) is 23.0 Å². The van der Waals surface area contributed by atoms with E-state index in [2.05, 4.69) is 31.0 Å². The molecule has 0 aliphatic rings. The maximum absolute atomic E-state index is 13.8. The molecule has 10 nitrogen and oxygen atoms in total. The van der Waals surface area contributed by atoms with Crippen LogP contribution in [0.3, 0.4) is 0 Å². The Balaban J connectivity index is 1.70. The average molecular weight is 935 g/mol. The number of carbonyl (C=O) groups is 1. The lowest BCUT2D eigenvalue weighted by molar-refractivity contribution is 0.0733. The lowest BCUT2D eigenvalue weighted by Gasteiger charge is -2.19. The highest BCUT2D eigenvalue weighted by molar-refractivity contribution is 7.85. The van der Waals surface area contributed by atoms with Gasteiger partial charge in [-0.05, 0) is 79.9 Å². The smallest absolute Gasteiger partial charge is 0.343 e.